The second-order valence-corrected chi connectivity index (χ2v) is 10.4. The molecule has 0 bridgehead atoms. The molecule has 0 aromatic carbocycles. The smallest absolute Gasteiger partial charge is 0.410 e. The predicted molar refractivity (Wildman–Crippen MR) is 136 cm³/mol. The molecule has 4 aromatic heterocycles. The maximum Gasteiger partial charge on any atom is 0.410 e. The van der Waals surface area contributed by atoms with Gasteiger partial charge in [-0.15, -0.1) is 0 Å². The molecule has 5 heterocycles. The van der Waals surface area contributed by atoms with Crippen molar-refractivity contribution in [1.82, 2.24) is 29.8 Å². The van der Waals surface area contributed by atoms with E-state index in [0.717, 1.165) is 22.3 Å². The van der Waals surface area contributed by atoms with Crippen LogP contribution in [0, 0.1) is 11.3 Å². The van der Waals surface area contributed by atoms with Crippen LogP contribution in [0.5, 0.6) is 0 Å². The summed E-state index contributed by atoms with van der Waals surface area (Å²) in [5.74, 6) is 1.24. The highest BCUT2D eigenvalue weighted by atomic mass is 16.6. The van der Waals surface area contributed by atoms with E-state index in [4.69, 9.17) is 14.5 Å². The zero-order chi connectivity index (χ0) is 26.3. The first-order valence-electron chi connectivity index (χ1n) is 12.1. The van der Waals surface area contributed by atoms with Crippen LogP contribution in [0.4, 0.5) is 10.5 Å². The van der Waals surface area contributed by atoms with Crippen LogP contribution < -0.4 is 5.32 Å². The Bertz CT molecular complexity index is 1500. The van der Waals surface area contributed by atoms with Gasteiger partial charge in [0.05, 0.1) is 28.7 Å². The highest BCUT2D eigenvalue weighted by molar-refractivity contribution is 5.79. The minimum Gasteiger partial charge on any atom is -0.444 e. The molecule has 1 fully saturated rings. The lowest BCUT2D eigenvalue weighted by Crippen LogP contribution is -2.50. The molecule has 0 atom stereocenters. The second-order valence-electron chi connectivity index (χ2n) is 10.4. The van der Waals surface area contributed by atoms with Crippen LogP contribution in [-0.4, -0.2) is 60.6 Å². The van der Waals surface area contributed by atoms with Gasteiger partial charge in [0.1, 0.15) is 11.7 Å². The van der Waals surface area contributed by atoms with Crippen LogP contribution in [0.3, 0.4) is 0 Å². The van der Waals surface area contributed by atoms with Gasteiger partial charge in [0.15, 0.2) is 17.2 Å². The monoisotopic (exact) mass is 500 g/mol. The minimum atomic E-state index is -0.527. The zero-order valence-corrected chi connectivity index (χ0v) is 21.4. The van der Waals surface area contributed by atoms with Crippen molar-refractivity contribution >= 4 is 22.8 Å². The molecule has 0 saturated carbocycles. The summed E-state index contributed by atoms with van der Waals surface area (Å²) in [5.41, 5.74) is 2.90. The van der Waals surface area contributed by atoms with E-state index >= 15 is 0 Å². The van der Waals surface area contributed by atoms with E-state index in [9.17, 15) is 4.79 Å². The van der Waals surface area contributed by atoms with Crippen molar-refractivity contribution in [2.45, 2.75) is 52.2 Å². The highest BCUT2D eigenvalue weighted by Crippen LogP contribution is 2.34. The van der Waals surface area contributed by atoms with E-state index in [2.05, 4.69) is 31.6 Å². The molecule has 11 heteroatoms. The van der Waals surface area contributed by atoms with Gasteiger partial charge in [-0.05, 0) is 40.7 Å². The molecule has 4 aromatic rings. The number of nitrogens with zero attached hydrogens (tertiary/aromatic N) is 7. The first-order chi connectivity index (χ1) is 17.6. The van der Waals surface area contributed by atoms with Crippen molar-refractivity contribution in [1.29, 1.82) is 5.26 Å². The van der Waals surface area contributed by atoms with Crippen molar-refractivity contribution in [2.75, 3.05) is 18.4 Å². The summed E-state index contributed by atoms with van der Waals surface area (Å²) < 4.78 is 12.8. The normalized spacial score (nSPS) is 14.0. The first-order valence-corrected chi connectivity index (χ1v) is 12.1. The fourth-order valence-electron chi connectivity index (χ4n) is 4.09. The summed E-state index contributed by atoms with van der Waals surface area (Å²) in [6, 6.07) is 7.77. The van der Waals surface area contributed by atoms with Crippen LogP contribution in [0.1, 0.15) is 51.8 Å². The quantitative estimate of drug-likeness (QED) is 0.420. The number of pyridine rings is 2. The third kappa shape index (κ3) is 4.95. The molecule has 0 radical (unpaired) electrons. The second kappa shape index (κ2) is 9.20. The van der Waals surface area contributed by atoms with Gasteiger partial charge in [-0.25, -0.2) is 14.8 Å². The molecule has 1 saturated heterocycles. The van der Waals surface area contributed by atoms with E-state index in [1.165, 1.54) is 6.20 Å². The summed E-state index contributed by atoms with van der Waals surface area (Å²) >= 11 is 0. The molecule has 0 spiro atoms. The molecular formula is C26H28N8O3. The topological polar surface area (TPSA) is 135 Å². The van der Waals surface area contributed by atoms with Gasteiger partial charge in [-0.1, -0.05) is 5.16 Å². The summed E-state index contributed by atoms with van der Waals surface area (Å²) in [7, 11) is 0. The van der Waals surface area contributed by atoms with Crippen molar-refractivity contribution in [3.05, 3.63) is 48.0 Å². The molecule has 1 amide bonds. The molecule has 0 unspecified atom stereocenters. The number of aromatic nitrogens is 5. The van der Waals surface area contributed by atoms with Crippen LogP contribution in [-0.2, 0) is 4.74 Å². The molecule has 5 rings (SSSR count). The molecule has 1 N–H and O–H groups in total. The van der Waals surface area contributed by atoms with Crippen molar-refractivity contribution in [3.63, 3.8) is 0 Å². The Hall–Kier alpha value is -4.46. The van der Waals surface area contributed by atoms with Gasteiger partial charge < -0.3 is 19.5 Å². The third-order valence-electron chi connectivity index (χ3n) is 5.83. The van der Waals surface area contributed by atoms with E-state index in [1.54, 1.807) is 28.0 Å². The largest absolute Gasteiger partial charge is 0.444 e. The Balaban J connectivity index is 1.39. The van der Waals surface area contributed by atoms with E-state index in [-0.39, 0.29) is 18.1 Å². The maximum absolute atomic E-state index is 12.3. The zero-order valence-electron chi connectivity index (χ0n) is 21.4. The number of likely N-dealkylation sites (tertiary alicyclic amines) is 1. The van der Waals surface area contributed by atoms with Gasteiger partial charge >= 0.3 is 6.09 Å². The fraction of sp³-hybridized carbons (Fsp3) is 0.385. The number of ether oxygens (including phenoxy) is 1. The number of carbonyl (C=O) groups excluding carboxylic acids is 1. The van der Waals surface area contributed by atoms with Crippen LogP contribution in [0.2, 0.25) is 0 Å². The molecule has 0 aliphatic carbocycles. The Morgan fingerprint density at radius 1 is 1.19 bits per heavy atom. The fourth-order valence-corrected chi connectivity index (χ4v) is 4.09. The summed E-state index contributed by atoms with van der Waals surface area (Å²) in [4.78, 5) is 22.9. The lowest BCUT2D eigenvalue weighted by Gasteiger charge is -2.38. The number of rotatable bonds is 5. The van der Waals surface area contributed by atoms with Gasteiger partial charge in [-0.2, -0.15) is 15.0 Å². The Morgan fingerprint density at radius 2 is 1.97 bits per heavy atom. The Morgan fingerprint density at radius 3 is 2.68 bits per heavy atom. The van der Waals surface area contributed by atoms with Gasteiger partial charge in [-0.3, -0.25) is 0 Å². The SMILES string of the molecule is CC(C)Nc1cc(-n2ncc3cc(C#N)cnc32)ncc1-c1cc(C2CN(C(=O)OC(C)(C)C)C2)no1. The van der Waals surface area contributed by atoms with Crippen molar-refractivity contribution in [2.24, 2.45) is 0 Å². The van der Waals surface area contributed by atoms with Gasteiger partial charge in [0.25, 0.3) is 0 Å². The summed E-state index contributed by atoms with van der Waals surface area (Å²) in [6.45, 7) is 10.7. The molecule has 37 heavy (non-hydrogen) atoms. The third-order valence-corrected chi connectivity index (χ3v) is 5.83. The number of amides is 1. The molecule has 1 aliphatic heterocycles. The number of carbonyl (C=O) groups is 1. The average Bonchev–Trinajstić information content (AvgIpc) is 3.43. The standard InChI is InChI=1S/C26H28N8O3/c1-15(2)31-21-8-23(34-24-17(11-30-34)6-16(9-27)10-29-24)28-12-19(21)22-7-20(32-37-22)18-13-33(14-18)25(35)36-26(3,4)5/h6-8,10-12,15,18H,13-14H2,1-5H3,(H,28,31). The van der Waals surface area contributed by atoms with Crippen molar-refractivity contribution < 1.29 is 14.1 Å². The number of anilines is 1. The maximum atomic E-state index is 12.3. The number of hydrogen-bond donors (Lipinski definition) is 1. The average molecular weight is 501 g/mol. The van der Waals surface area contributed by atoms with E-state index in [0.29, 0.717) is 35.9 Å². The first kappa shape index (κ1) is 24.2. The Kier molecular flexibility index (Phi) is 6.03. The number of fused-ring (bicyclic) bond motifs is 1. The van der Waals surface area contributed by atoms with E-state index < -0.39 is 5.60 Å². The predicted octanol–water partition coefficient (Wildman–Crippen LogP) is 4.50. The van der Waals surface area contributed by atoms with Crippen LogP contribution in [0.15, 0.2) is 41.3 Å². The minimum absolute atomic E-state index is 0.0820. The van der Waals surface area contributed by atoms with Crippen LogP contribution >= 0.6 is 0 Å². The number of nitrogens with one attached hydrogen (secondary N) is 1. The van der Waals surface area contributed by atoms with Gasteiger partial charge in [0, 0.05) is 55.0 Å². The highest BCUT2D eigenvalue weighted by Gasteiger charge is 2.36. The molecule has 11 nitrogen and oxygen atoms in total. The van der Waals surface area contributed by atoms with Crippen molar-refractivity contribution in [3.8, 4) is 23.2 Å². The lowest BCUT2D eigenvalue weighted by atomic mass is 9.96. The number of hydrogen-bond acceptors (Lipinski definition) is 9. The Labute approximate surface area is 214 Å². The molecule has 1 aliphatic rings. The molecular weight excluding hydrogens is 472 g/mol. The van der Waals surface area contributed by atoms with Gasteiger partial charge in [0.2, 0.25) is 0 Å². The summed E-state index contributed by atoms with van der Waals surface area (Å²) in [5, 5.41) is 22.0. The van der Waals surface area contributed by atoms with Crippen LogP contribution in [0.25, 0.3) is 28.2 Å². The lowest BCUT2D eigenvalue weighted by molar-refractivity contribution is 0.00763. The summed E-state index contributed by atoms with van der Waals surface area (Å²) in [6.07, 6.45) is 4.58. The molecule has 190 valence electrons. The number of nitriles is 1. The van der Waals surface area contributed by atoms with E-state index in [1.807, 2.05) is 46.8 Å².